The van der Waals surface area contributed by atoms with E-state index in [-0.39, 0.29) is 5.88 Å². The summed E-state index contributed by atoms with van der Waals surface area (Å²) in [6, 6.07) is 7.96. The quantitative estimate of drug-likeness (QED) is 0.784. The number of ether oxygens (including phenoxy) is 1. The minimum Gasteiger partial charge on any atom is -0.495 e. The van der Waals surface area contributed by atoms with Crippen molar-refractivity contribution in [3.05, 3.63) is 30.2 Å². The third kappa shape index (κ3) is 2.34. The van der Waals surface area contributed by atoms with Gasteiger partial charge >= 0.3 is 6.01 Å². The van der Waals surface area contributed by atoms with Crippen molar-refractivity contribution >= 4 is 23.3 Å². The Labute approximate surface area is 104 Å². The van der Waals surface area contributed by atoms with Crippen LogP contribution in [0, 0.1) is 0 Å². The van der Waals surface area contributed by atoms with Crippen molar-refractivity contribution < 1.29 is 9.15 Å². The zero-order valence-electron chi connectivity index (χ0n) is 9.55. The van der Waals surface area contributed by atoms with E-state index in [9.17, 15) is 0 Å². The molecule has 0 N–H and O–H groups in total. The van der Waals surface area contributed by atoms with E-state index in [4.69, 9.17) is 20.8 Å². The van der Waals surface area contributed by atoms with Crippen LogP contribution in [0.25, 0.3) is 0 Å². The largest absolute Gasteiger partial charge is 0.495 e. The molecule has 90 valence electrons. The van der Waals surface area contributed by atoms with Crippen LogP contribution >= 0.6 is 11.6 Å². The Bertz CT molecular complexity index is 501. The van der Waals surface area contributed by atoms with Crippen LogP contribution in [0.4, 0.5) is 11.7 Å². The molecule has 0 amide bonds. The first-order chi connectivity index (χ1) is 8.26. The third-order valence-corrected chi connectivity index (χ3v) is 2.53. The lowest BCUT2D eigenvalue weighted by Gasteiger charge is -2.16. The van der Waals surface area contributed by atoms with Crippen LogP contribution < -0.4 is 9.64 Å². The number of alkyl halides is 1. The number of hydrogen-bond donors (Lipinski definition) is 0. The van der Waals surface area contributed by atoms with Crippen LogP contribution in [0.2, 0.25) is 0 Å². The van der Waals surface area contributed by atoms with Gasteiger partial charge in [0.1, 0.15) is 11.6 Å². The maximum atomic E-state index is 5.61. The van der Waals surface area contributed by atoms with Gasteiger partial charge in [0.05, 0.1) is 12.8 Å². The molecule has 0 spiro atoms. The Balaban J connectivity index is 2.32. The second-order valence-electron chi connectivity index (χ2n) is 3.34. The number of rotatable bonds is 4. The minimum absolute atomic E-state index is 0.201. The highest BCUT2D eigenvalue weighted by Crippen LogP contribution is 2.31. The predicted molar refractivity (Wildman–Crippen MR) is 64.9 cm³/mol. The molecule has 0 fully saturated rings. The number of para-hydroxylation sites is 2. The summed E-state index contributed by atoms with van der Waals surface area (Å²) >= 11 is 5.61. The fourth-order valence-electron chi connectivity index (χ4n) is 1.44. The van der Waals surface area contributed by atoms with Gasteiger partial charge < -0.3 is 9.15 Å². The molecule has 5 nitrogen and oxygen atoms in total. The fraction of sp³-hybridized carbons (Fsp3) is 0.273. The molecule has 6 heteroatoms. The highest BCUT2D eigenvalue weighted by atomic mass is 35.5. The van der Waals surface area contributed by atoms with Gasteiger partial charge in [-0.3, -0.25) is 4.90 Å². The molecular formula is C11H12ClN3O2. The molecule has 0 radical (unpaired) electrons. The van der Waals surface area contributed by atoms with Crippen LogP contribution in [0.15, 0.2) is 28.7 Å². The van der Waals surface area contributed by atoms with E-state index in [0.717, 1.165) is 11.4 Å². The number of nitrogens with zero attached hydrogens (tertiary/aromatic N) is 3. The third-order valence-electron chi connectivity index (χ3n) is 2.30. The summed E-state index contributed by atoms with van der Waals surface area (Å²) in [4.78, 5) is 1.75. The molecule has 0 saturated carbocycles. The molecule has 0 aliphatic rings. The maximum Gasteiger partial charge on any atom is 0.322 e. The van der Waals surface area contributed by atoms with Gasteiger partial charge in [-0.2, -0.15) is 0 Å². The van der Waals surface area contributed by atoms with Gasteiger partial charge in [-0.05, 0) is 12.1 Å². The molecular weight excluding hydrogens is 242 g/mol. The van der Waals surface area contributed by atoms with Crippen molar-refractivity contribution in [2.45, 2.75) is 5.88 Å². The highest BCUT2D eigenvalue weighted by molar-refractivity contribution is 6.16. The first kappa shape index (κ1) is 11.7. The monoisotopic (exact) mass is 253 g/mol. The zero-order valence-corrected chi connectivity index (χ0v) is 10.3. The fourth-order valence-corrected chi connectivity index (χ4v) is 1.55. The van der Waals surface area contributed by atoms with E-state index in [1.165, 1.54) is 0 Å². The summed E-state index contributed by atoms with van der Waals surface area (Å²) in [6.45, 7) is 0. The zero-order chi connectivity index (χ0) is 12.3. The lowest BCUT2D eigenvalue weighted by Crippen LogP contribution is -2.11. The molecule has 0 aliphatic heterocycles. The van der Waals surface area contributed by atoms with Gasteiger partial charge in [-0.15, -0.1) is 16.7 Å². The van der Waals surface area contributed by atoms with Crippen LogP contribution in [-0.2, 0) is 5.88 Å². The Kier molecular flexibility index (Phi) is 3.49. The standard InChI is InChI=1S/C11H12ClN3O2/c1-15(11-14-13-10(7-12)17-11)8-5-3-4-6-9(8)16-2/h3-6H,7H2,1-2H3. The van der Waals surface area contributed by atoms with Crippen molar-refractivity contribution in [2.75, 3.05) is 19.1 Å². The molecule has 1 aromatic heterocycles. The van der Waals surface area contributed by atoms with Crippen LogP contribution in [0.5, 0.6) is 5.75 Å². The lowest BCUT2D eigenvalue weighted by atomic mass is 10.3. The minimum atomic E-state index is 0.201. The summed E-state index contributed by atoms with van der Waals surface area (Å²) in [7, 11) is 3.44. The summed E-state index contributed by atoms with van der Waals surface area (Å²) in [5, 5.41) is 7.71. The Morgan fingerprint density at radius 2 is 2.12 bits per heavy atom. The van der Waals surface area contributed by atoms with Crippen molar-refractivity contribution in [1.82, 2.24) is 10.2 Å². The molecule has 0 aliphatic carbocycles. The summed E-state index contributed by atoms with van der Waals surface area (Å²) in [5.74, 6) is 1.33. The molecule has 2 aromatic rings. The van der Waals surface area contributed by atoms with Crippen LogP contribution in [0.1, 0.15) is 5.89 Å². The average molecular weight is 254 g/mol. The number of hydrogen-bond acceptors (Lipinski definition) is 5. The molecule has 1 aromatic carbocycles. The topological polar surface area (TPSA) is 51.4 Å². The van der Waals surface area contributed by atoms with E-state index in [2.05, 4.69) is 10.2 Å². The van der Waals surface area contributed by atoms with E-state index >= 15 is 0 Å². The van der Waals surface area contributed by atoms with Crippen LogP contribution in [0.3, 0.4) is 0 Å². The smallest absolute Gasteiger partial charge is 0.322 e. The number of benzene rings is 1. The Morgan fingerprint density at radius 3 is 2.76 bits per heavy atom. The average Bonchev–Trinajstić information content (AvgIpc) is 2.86. The number of aromatic nitrogens is 2. The molecule has 2 rings (SSSR count). The van der Waals surface area contributed by atoms with Crippen molar-refractivity contribution in [3.63, 3.8) is 0 Å². The molecule has 0 atom stereocenters. The second-order valence-corrected chi connectivity index (χ2v) is 3.61. The number of anilines is 2. The van der Waals surface area contributed by atoms with E-state index in [0.29, 0.717) is 11.9 Å². The van der Waals surface area contributed by atoms with E-state index in [1.54, 1.807) is 12.0 Å². The second kappa shape index (κ2) is 5.05. The van der Waals surface area contributed by atoms with Gasteiger partial charge in [0.15, 0.2) is 0 Å². The molecule has 0 saturated heterocycles. The molecule has 1 heterocycles. The first-order valence-corrected chi connectivity index (χ1v) is 5.54. The van der Waals surface area contributed by atoms with Crippen molar-refractivity contribution in [1.29, 1.82) is 0 Å². The Hall–Kier alpha value is -1.75. The number of methoxy groups -OCH3 is 1. The van der Waals surface area contributed by atoms with Gasteiger partial charge in [-0.1, -0.05) is 17.2 Å². The molecule has 0 bridgehead atoms. The van der Waals surface area contributed by atoms with Crippen molar-refractivity contribution in [2.24, 2.45) is 0 Å². The van der Waals surface area contributed by atoms with Gasteiger partial charge in [0, 0.05) is 7.05 Å². The SMILES string of the molecule is COc1ccccc1N(C)c1nnc(CCl)o1. The first-order valence-electron chi connectivity index (χ1n) is 5.01. The number of halogens is 1. The van der Waals surface area contributed by atoms with Crippen molar-refractivity contribution in [3.8, 4) is 5.75 Å². The van der Waals surface area contributed by atoms with Gasteiger partial charge in [0.2, 0.25) is 5.89 Å². The molecule has 17 heavy (non-hydrogen) atoms. The van der Waals surface area contributed by atoms with E-state index < -0.39 is 0 Å². The van der Waals surface area contributed by atoms with Gasteiger partial charge in [-0.25, -0.2) is 0 Å². The highest BCUT2D eigenvalue weighted by Gasteiger charge is 2.15. The lowest BCUT2D eigenvalue weighted by molar-refractivity contribution is 0.414. The van der Waals surface area contributed by atoms with E-state index in [1.807, 2.05) is 31.3 Å². The predicted octanol–water partition coefficient (Wildman–Crippen LogP) is 2.58. The molecule has 0 unspecified atom stereocenters. The van der Waals surface area contributed by atoms with Gasteiger partial charge in [0.25, 0.3) is 0 Å². The normalized spacial score (nSPS) is 10.3. The van der Waals surface area contributed by atoms with Crippen LogP contribution in [-0.4, -0.2) is 24.4 Å². The summed E-state index contributed by atoms with van der Waals surface area (Å²) in [6.07, 6.45) is 0. The summed E-state index contributed by atoms with van der Waals surface area (Å²) < 4.78 is 10.6. The Morgan fingerprint density at radius 1 is 1.35 bits per heavy atom. The maximum absolute atomic E-state index is 5.61. The summed E-state index contributed by atoms with van der Waals surface area (Å²) in [5.41, 5.74) is 0.847.